The third kappa shape index (κ3) is 2.01. The number of terminal acetylenes is 1. The van der Waals surface area contributed by atoms with Crippen molar-refractivity contribution in [2.75, 3.05) is 0 Å². The van der Waals surface area contributed by atoms with Crippen LogP contribution in [0.2, 0.25) is 0 Å². The summed E-state index contributed by atoms with van der Waals surface area (Å²) >= 11 is 0. The van der Waals surface area contributed by atoms with E-state index in [4.69, 9.17) is 6.42 Å². The summed E-state index contributed by atoms with van der Waals surface area (Å²) in [6, 6.07) is 8.83. The Bertz CT molecular complexity index is 755. The van der Waals surface area contributed by atoms with Crippen LogP contribution in [0.1, 0.15) is 35.3 Å². The number of hydrogen-bond donors (Lipinski definition) is 2. The highest BCUT2D eigenvalue weighted by molar-refractivity contribution is 5.95. The van der Waals surface area contributed by atoms with Gasteiger partial charge in [0.05, 0.1) is 5.69 Å². The Morgan fingerprint density at radius 2 is 2.29 bits per heavy atom. The Morgan fingerprint density at radius 1 is 1.38 bits per heavy atom. The van der Waals surface area contributed by atoms with Crippen LogP contribution in [0.3, 0.4) is 0 Å². The lowest BCUT2D eigenvalue weighted by Crippen LogP contribution is -2.42. The fourth-order valence-electron chi connectivity index (χ4n) is 3.60. The molecule has 0 saturated carbocycles. The molecule has 4 heterocycles. The summed E-state index contributed by atoms with van der Waals surface area (Å²) < 4.78 is 1.91. The van der Waals surface area contributed by atoms with E-state index >= 15 is 0 Å². The Hall–Kier alpha value is -2.25. The molecule has 21 heavy (non-hydrogen) atoms. The van der Waals surface area contributed by atoms with Crippen molar-refractivity contribution in [2.45, 2.75) is 37.4 Å². The van der Waals surface area contributed by atoms with Gasteiger partial charge in [-0.05, 0) is 43.5 Å². The van der Waals surface area contributed by atoms with E-state index in [1.54, 1.807) is 0 Å². The molecule has 4 heteroatoms. The zero-order chi connectivity index (χ0) is 14.4. The maximum Gasteiger partial charge on any atom is 0.251 e. The van der Waals surface area contributed by atoms with Gasteiger partial charge in [-0.3, -0.25) is 4.79 Å². The topological polar surface area (TPSA) is 45.5 Å². The Morgan fingerprint density at radius 3 is 3.00 bits per heavy atom. The minimum absolute atomic E-state index is 0.000285. The van der Waals surface area contributed by atoms with Gasteiger partial charge in [0.15, 0.2) is 0 Å². The summed E-state index contributed by atoms with van der Waals surface area (Å²) in [5, 5.41) is 6.70. The molecule has 2 aliphatic heterocycles. The fraction of sp³-hybridized carbons (Fsp3) is 0.353. The number of carbonyl (C=O) groups excluding carboxylic acids is 1. The summed E-state index contributed by atoms with van der Waals surface area (Å²) in [4.78, 5) is 12.4. The van der Waals surface area contributed by atoms with Crippen LogP contribution in [0.5, 0.6) is 0 Å². The highest BCUT2D eigenvalue weighted by atomic mass is 16.1. The first kappa shape index (κ1) is 12.5. The number of fused-ring (bicyclic) bond motifs is 3. The Kier molecular flexibility index (Phi) is 2.76. The number of nitrogens with one attached hydrogen (secondary N) is 2. The second-order valence-electron chi connectivity index (χ2n) is 5.94. The monoisotopic (exact) mass is 279 g/mol. The SMILES string of the molecule is C#Cc1ccc2cc(C(=O)NC3CC4CCC3N4)ccn12. The standard InChI is InChI=1S/C17H17N3O/c1-2-13-4-5-14-9-11(7-8-20(13)14)17(21)19-16-10-12-3-6-15(16)18-12/h1,4-5,7-9,12,15-16,18H,3,6,10H2,(H,19,21). The third-order valence-electron chi connectivity index (χ3n) is 4.68. The van der Waals surface area contributed by atoms with E-state index in [2.05, 4.69) is 16.6 Å². The Labute approximate surface area is 123 Å². The van der Waals surface area contributed by atoms with Gasteiger partial charge in [0.25, 0.3) is 5.91 Å². The number of carbonyl (C=O) groups is 1. The molecule has 2 aromatic heterocycles. The van der Waals surface area contributed by atoms with Crippen molar-refractivity contribution in [1.82, 2.24) is 15.0 Å². The summed E-state index contributed by atoms with van der Waals surface area (Å²) in [5.41, 5.74) is 2.43. The normalized spacial score (nSPS) is 26.9. The van der Waals surface area contributed by atoms with Crippen LogP contribution in [0, 0.1) is 12.3 Å². The van der Waals surface area contributed by atoms with Crippen molar-refractivity contribution in [2.24, 2.45) is 0 Å². The molecule has 0 radical (unpaired) electrons. The number of nitrogens with zero attached hydrogens (tertiary/aromatic N) is 1. The van der Waals surface area contributed by atoms with E-state index < -0.39 is 0 Å². The van der Waals surface area contributed by atoms with Gasteiger partial charge in [-0.15, -0.1) is 6.42 Å². The number of aromatic nitrogens is 1. The molecule has 4 rings (SSSR count). The summed E-state index contributed by atoms with van der Waals surface area (Å²) in [6.45, 7) is 0. The highest BCUT2D eigenvalue weighted by Crippen LogP contribution is 2.28. The zero-order valence-corrected chi connectivity index (χ0v) is 11.7. The molecular weight excluding hydrogens is 262 g/mol. The van der Waals surface area contributed by atoms with Crippen LogP contribution in [-0.2, 0) is 0 Å². The molecule has 2 bridgehead atoms. The van der Waals surface area contributed by atoms with Crippen molar-refractivity contribution >= 4 is 11.4 Å². The minimum Gasteiger partial charge on any atom is -0.348 e. The Balaban J connectivity index is 1.55. The van der Waals surface area contributed by atoms with Gasteiger partial charge in [0, 0.05) is 35.4 Å². The van der Waals surface area contributed by atoms with Gasteiger partial charge in [-0.1, -0.05) is 5.92 Å². The molecule has 0 spiro atoms. The van der Waals surface area contributed by atoms with Gasteiger partial charge in [0.2, 0.25) is 0 Å². The van der Waals surface area contributed by atoms with Gasteiger partial charge in [0.1, 0.15) is 0 Å². The molecular formula is C17H17N3O. The van der Waals surface area contributed by atoms with Crippen LogP contribution >= 0.6 is 0 Å². The first-order chi connectivity index (χ1) is 10.2. The van der Waals surface area contributed by atoms with Crippen LogP contribution in [0.4, 0.5) is 0 Å². The molecule has 2 N–H and O–H groups in total. The lowest BCUT2D eigenvalue weighted by atomic mass is 9.95. The van der Waals surface area contributed by atoms with E-state index in [-0.39, 0.29) is 11.9 Å². The number of rotatable bonds is 2. The smallest absolute Gasteiger partial charge is 0.251 e. The molecule has 3 unspecified atom stereocenters. The van der Waals surface area contributed by atoms with Crippen LogP contribution in [0.15, 0.2) is 30.5 Å². The van der Waals surface area contributed by atoms with Crippen molar-refractivity contribution in [1.29, 1.82) is 0 Å². The molecule has 1 amide bonds. The maximum atomic E-state index is 12.4. The predicted molar refractivity (Wildman–Crippen MR) is 81.1 cm³/mol. The van der Waals surface area contributed by atoms with E-state index in [0.717, 1.165) is 17.6 Å². The quantitative estimate of drug-likeness (QED) is 0.819. The lowest BCUT2D eigenvalue weighted by Gasteiger charge is -2.21. The van der Waals surface area contributed by atoms with E-state index in [0.29, 0.717) is 17.6 Å². The number of pyridine rings is 1. The average Bonchev–Trinajstić information content (AvgIpc) is 3.21. The summed E-state index contributed by atoms with van der Waals surface area (Å²) in [5.74, 6) is 2.63. The number of amides is 1. The molecule has 106 valence electrons. The molecule has 0 aliphatic carbocycles. The molecule has 4 nitrogen and oxygen atoms in total. The van der Waals surface area contributed by atoms with E-state index in [1.165, 1.54) is 12.8 Å². The van der Waals surface area contributed by atoms with E-state index in [1.807, 2.05) is 34.9 Å². The second-order valence-corrected chi connectivity index (χ2v) is 5.94. The molecule has 2 aliphatic rings. The van der Waals surface area contributed by atoms with Crippen molar-refractivity contribution in [3.05, 3.63) is 41.7 Å². The van der Waals surface area contributed by atoms with Crippen LogP contribution < -0.4 is 10.6 Å². The van der Waals surface area contributed by atoms with Crippen LogP contribution in [-0.4, -0.2) is 28.4 Å². The van der Waals surface area contributed by atoms with Crippen molar-refractivity contribution in [3.8, 4) is 12.3 Å². The van der Waals surface area contributed by atoms with E-state index in [9.17, 15) is 4.79 Å². The number of hydrogen-bond acceptors (Lipinski definition) is 2. The molecule has 2 fully saturated rings. The highest BCUT2D eigenvalue weighted by Gasteiger charge is 2.39. The maximum absolute atomic E-state index is 12.4. The van der Waals surface area contributed by atoms with Gasteiger partial charge in [-0.25, -0.2) is 0 Å². The van der Waals surface area contributed by atoms with Crippen molar-refractivity contribution in [3.63, 3.8) is 0 Å². The van der Waals surface area contributed by atoms with Crippen molar-refractivity contribution < 1.29 is 4.79 Å². The molecule has 2 saturated heterocycles. The molecule has 0 aromatic carbocycles. The second kappa shape index (κ2) is 4.64. The van der Waals surface area contributed by atoms with Gasteiger partial charge < -0.3 is 15.0 Å². The average molecular weight is 279 g/mol. The first-order valence-corrected chi connectivity index (χ1v) is 7.39. The zero-order valence-electron chi connectivity index (χ0n) is 11.7. The molecule has 3 atom stereocenters. The summed E-state index contributed by atoms with van der Waals surface area (Å²) in [7, 11) is 0. The predicted octanol–water partition coefficient (Wildman–Crippen LogP) is 1.54. The third-order valence-corrected chi connectivity index (χ3v) is 4.68. The minimum atomic E-state index is 0.000285. The fourth-order valence-corrected chi connectivity index (χ4v) is 3.60. The van der Waals surface area contributed by atoms with Crippen LogP contribution in [0.25, 0.3) is 5.52 Å². The summed E-state index contributed by atoms with van der Waals surface area (Å²) in [6.07, 6.45) is 10.8. The first-order valence-electron chi connectivity index (χ1n) is 7.39. The van der Waals surface area contributed by atoms with Gasteiger partial charge in [-0.2, -0.15) is 0 Å². The lowest BCUT2D eigenvalue weighted by molar-refractivity contribution is 0.0931. The largest absolute Gasteiger partial charge is 0.348 e. The molecule has 2 aromatic rings. The van der Waals surface area contributed by atoms with Gasteiger partial charge >= 0.3 is 0 Å².